The van der Waals surface area contributed by atoms with Crippen LogP contribution in [0.2, 0.25) is 0 Å². The van der Waals surface area contributed by atoms with E-state index in [-0.39, 0.29) is 5.91 Å². The number of nitrogens with zero attached hydrogens (tertiary/aromatic N) is 3. The van der Waals surface area contributed by atoms with Crippen LogP contribution in [0.3, 0.4) is 0 Å². The van der Waals surface area contributed by atoms with Gasteiger partial charge in [-0.15, -0.1) is 10.2 Å². The van der Waals surface area contributed by atoms with E-state index in [0.29, 0.717) is 17.3 Å². The van der Waals surface area contributed by atoms with Crippen LogP contribution in [0.15, 0.2) is 52.9 Å². The van der Waals surface area contributed by atoms with Gasteiger partial charge >= 0.3 is 0 Å². The normalized spacial score (nSPS) is 10.6. The zero-order valence-corrected chi connectivity index (χ0v) is 13.3. The van der Waals surface area contributed by atoms with Gasteiger partial charge in [-0.3, -0.25) is 4.79 Å². The third-order valence-electron chi connectivity index (χ3n) is 3.59. The molecule has 23 heavy (non-hydrogen) atoms. The molecule has 1 heterocycles. The first-order chi connectivity index (χ1) is 11.1. The van der Waals surface area contributed by atoms with Crippen LogP contribution in [0.1, 0.15) is 15.9 Å². The van der Waals surface area contributed by atoms with Crippen molar-refractivity contribution in [2.45, 2.75) is 6.92 Å². The molecule has 0 saturated carbocycles. The van der Waals surface area contributed by atoms with E-state index in [1.54, 1.807) is 26.2 Å². The van der Waals surface area contributed by atoms with E-state index in [1.807, 2.05) is 43.3 Å². The molecule has 3 rings (SSSR count). The molecule has 0 radical (unpaired) electrons. The number of aryl methyl sites for hydroxylation is 1. The fourth-order valence-electron chi connectivity index (χ4n) is 2.28. The highest BCUT2D eigenvalue weighted by molar-refractivity contribution is 5.94. The van der Waals surface area contributed by atoms with Crippen LogP contribution < -0.4 is 0 Å². The molecule has 0 aliphatic carbocycles. The molecular formula is C18H17N3O2. The molecule has 0 bridgehead atoms. The first kappa shape index (κ1) is 15.0. The first-order valence-electron chi connectivity index (χ1n) is 7.28. The summed E-state index contributed by atoms with van der Waals surface area (Å²) in [5, 5.41) is 8.22. The number of hydrogen-bond acceptors (Lipinski definition) is 4. The van der Waals surface area contributed by atoms with Crippen molar-refractivity contribution in [3.63, 3.8) is 0 Å². The lowest BCUT2D eigenvalue weighted by Gasteiger charge is -2.09. The standard InChI is InChI=1S/C18H17N3O2/c1-12-6-4-5-7-15(12)17-20-19-16(23-17)13-8-10-14(11-9-13)18(22)21(2)3/h4-11H,1-3H3. The Hall–Kier alpha value is -2.95. The quantitative estimate of drug-likeness (QED) is 0.744. The van der Waals surface area contributed by atoms with Crippen LogP contribution in [0.5, 0.6) is 0 Å². The largest absolute Gasteiger partial charge is 0.416 e. The summed E-state index contributed by atoms with van der Waals surface area (Å²) < 4.78 is 5.77. The van der Waals surface area contributed by atoms with Crippen molar-refractivity contribution in [2.75, 3.05) is 14.1 Å². The summed E-state index contributed by atoms with van der Waals surface area (Å²) in [6.45, 7) is 2.00. The van der Waals surface area contributed by atoms with Crippen molar-refractivity contribution in [3.05, 3.63) is 59.7 Å². The second kappa shape index (κ2) is 6.04. The Bertz CT molecular complexity index is 835. The Morgan fingerprint density at radius 3 is 2.26 bits per heavy atom. The third-order valence-corrected chi connectivity index (χ3v) is 3.59. The number of benzene rings is 2. The maximum atomic E-state index is 11.9. The molecule has 3 aromatic rings. The van der Waals surface area contributed by atoms with Crippen LogP contribution in [0.4, 0.5) is 0 Å². The maximum Gasteiger partial charge on any atom is 0.253 e. The van der Waals surface area contributed by atoms with E-state index < -0.39 is 0 Å². The predicted octanol–water partition coefficient (Wildman–Crippen LogP) is 3.41. The molecule has 0 unspecified atom stereocenters. The van der Waals surface area contributed by atoms with Crippen molar-refractivity contribution in [3.8, 4) is 22.9 Å². The van der Waals surface area contributed by atoms with Gasteiger partial charge in [0.2, 0.25) is 11.8 Å². The molecule has 0 saturated heterocycles. The molecule has 0 spiro atoms. The monoisotopic (exact) mass is 307 g/mol. The lowest BCUT2D eigenvalue weighted by Crippen LogP contribution is -2.21. The van der Waals surface area contributed by atoms with Gasteiger partial charge in [-0.1, -0.05) is 18.2 Å². The van der Waals surface area contributed by atoms with Crippen LogP contribution in [0.25, 0.3) is 22.9 Å². The minimum absolute atomic E-state index is 0.0392. The Kier molecular flexibility index (Phi) is 3.93. The average Bonchev–Trinajstić information content (AvgIpc) is 3.04. The van der Waals surface area contributed by atoms with Gasteiger partial charge in [0.15, 0.2) is 0 Å². The van der Waals surface area contributed by atoms with Gasteiger partial charge in [-0.25, -0.2) is 0 Å². The second-order valence-electron chi connectivity index (χ2n) is 5.50. The molecule has 2 aromatic carbocycles. The lowest BCUT2D eigenvalue weighted by molar-refractivity contribution is 0.0827. The lowest BCUT2D eigenvalue weighted by atomic mass is 10.1. The Balaban J connectivity index is 1.89. The van der Waals surface area contributed by atoms with Gasteiger partial charge in [0.1, 0.15) is 0 Å². The number of amides is 1. The smallest absolute Gasteiger partial charge is 0.253 e. The van der Waals surface area contributed by atoms with Gasteiger partial charge in [0.25, 0.3) is 5.91 Å². The number of hydrogen-bond donors (Lipinski definition) is 0. The summed E-state index contributed by atoms with van der Waals surface area (Å²) in [4.78, 5) is 13.4. The van der Waals surface area contributed by atoms with Gasteiger partial charge in [-0.05, 0) is 42.8 Å². The first-order valence-corrected chi connectivity index (χ1v) is 7.28. The van der Waals surface area contributed by atoms with Gasteiger partial charge in [-0.2, -0.15) is 0 Å². The average molecular weight is 307 g/mol. The van der Waals surface area contributed by atoms with Gasteiger partial charge < -0.3 is 9.32 Å². The topological polar surface area (TPSA) is 59.2 Å². The molecule has 0 fully saturated rings. The van der Waals surface area contributed by atoms with E-state index in [9.17, 15) is 4.79 Å². The SMILES string of the molecule is Cc1ccccc1-c1nnc(-c2ccc(C(=O)N(C)C)cc2)o1. The van der Waals surface area contributed by atoms with Crippen molar-refractivity contribution < 1.29 is 9.21 Å². The molecule has 116 valence electrons. The highest BCUT2D eigenvalue weighted by Gasteiger charge is 2.13. The van der Waals surface area contributed by atoms with Crippen LogP contribution in [-0.2, 0) is 0 Å². The number of carbonyl (C=O) groups excluding carboxylic acids is 1. The van der Waals surface area contributed by atoms with E-state index in [4.69, 9.17) is 4.42 Å². The number of rotatable bonds is 3. The van der Waals surface area contributed by atoms with E-state index in [1.165, 1.54) is 4.90 Å². The molecule has 5 heteroatoms. The summed E-state index contributed by atoms with van der Waals surface area (Å²) in [7, 11) is 3.45. The number of carbonyl (C=O) groups is 1. The summed E-state index contributed by atoms with van der Waals surface area (Å²) in [5.41, 5.74) is 3.41. The molecule has 0 atom stereocenters. The molecular weight excluding hydrogens is 290 g/mol. The summed E-state index contributed by atoms with van der Waals surface area (Å²) in [5.74, 6) is 0.890. The second-order valence-corrected chi connectivity index (χ2v) is 5.50. The molecule has 1 aromatic heterocycles. The predicted molar refractivity (Wildman–Crippen MR) is 87.9 cm³/mol. The molecule has 0 N–H and O–H groups in total. The summed E-state index contributed by atoms with van der Waals surface area (Å²) >= 11 is 0. The van der Waals surface area contributed by atoms with E-state index in [0.717, 1.165) is 16.7 Å². The molecule has 0 aliphatic heterocycles. The molecule has 0 aliphatic rings. The van der Waals surface area contributed by atoms with E-state index in [2.05, 4.69) is 10.2 Å². The molecule has 1 amide bonds. The minimum Gasteiger partial charge on any atom is -0.416 e. The van der Waals surface area contributed by atoms with Crippen LogP contribution in [-0.4, -0.2) is 35.1 Å². The zero-order valence-electron chi connectivity index (χ0n) is 13.3. The zero-order chi connectivity index (χ0) is 16.4. The van der Waals surface area contributed by atoms with Crippen molar-refractivity contribution in [1.29, 1.82) is 0 Å². The van der Waals surface area contributed by atoms with Crippen molar-refractivity contribution in [1.82, 2.24) is 15.1 Å². The summed E-state index contributed by atoms with van der Waals surface area (Å²) in [6.07, 6.45) is 0. The summed E-state index contributed by atoms with van der Waals surface area (Å²) in [6, 6.07) is 15.0. The minimum atomic E-state index is -0.0392. The van der Waals surface area contributed by atoms with Crippen LogP contribution in [0, 0.1) is 6.92 Å². The van der Waals surface area contributed by atoms with Gasteiger partial charge in [0.05, 0.1) is 0 Å². The van der Waals surface area contributed by atoms with Crippen molar-refractivity contribution in [2.24, 2.45) is 0 Å². The Morgan fingerprint density at radius 1 is 0.957 bits per heavy atom. The fourth-order valence-corrected chi connectivity index (χ4v) is 2.28. The van der Waals surface area contributed by atoms with E-state index >= 15 is 0 Å². The fraction of sp³-hybridized carbons (Fsp3) is 0.167. The van der Waals surface area contributed by atoms with Crippen LogP contribution >= 0.6 is 0 Å². The molecule has 5 nitrogen and oxygen atoms in total. The van der Waals surface area contributed by atoms with Gasteiger partial charge in [0, 0.05) is 30.8 Å². The Morgan fingerprint density at radius 2 is 1.61 bits per heavy atom. The maximum absolute atomic E-state index is 11.9. The highest BCUT2D eigenvalue weighted by Crippen LogP contribution is 2.26. The highest BCUT2D eigenvalue weighted by atomic mass is 16.4. The van der Waals surface area contributed by atoms with Crippen molar-refractivity contribution >= 4 is 5.91 Å². The third kappa shape index (κ3) is 2.99. The Labute approximate surface area is 134 Å². The number of aromatic nitrogens is 2.